The quantitative estimate of drug-likeness (QED) is 0.608. The second-order valence-electron chi connectivity index (χ2n) is 5.16. The summed E-state index contributed by atoms with van der Waals surface area (Å²) in [6.07, 6.45) is 5.19. The SMILES string of the molecule is Cc1ccc(/C=C2N=C(/C=C/c3ccc(Cl)cc3)OC\2=O)cc1. The molecule has 0 N–H and O–H groups in total. The lowest BCUT2D eigenvalue weighted by molar-refractivity contribution is -0.129. The number of carbonyl (C=O) groups excluding carboxylic acids is 1. The second-order valence-corrected chi connectivity index (χ2v) is 5.60. The zero-order chi connectivity index (χ0) is 16.2. The number of esters is 1. The number of halogens is 1. The minimum atomic E-state index is -0.443. The van der Waals surface area contributed by atoms with Gasteiger partial charge in [0.05, 0.1) is 0 Å². The zero-order valence-electron chi connectivity index (χ0n) is 12.5. The largest absolute Gasteiger partial charge is 0.403 e. The van der Waals surface area contributed by atoms with E-state index in [2.05, 4.69) is 4.99 Å². The molecule has 2 aromatic rings. The summed E-state index contributed by atoms with van der Waals surface area (Å²) >= 11 is 5.84. The number of aliphatic imine (C=N–C) groups is 1. The Morgan fingerprint density at radius 2 is 1.61 bits per heavy atom. The molecule has 114 valence electrons. The van der Waals surface area contributed by atoms with E-state index in [4.69, 9.17) is 16.3 Å². The predicted octanol–water partition coefficient (Wildman–Crippen LogP) is 4.66. The van der Waals surface area contributed by atoms with E-state index in [-0.39, 0.29) is 5.90 Å². The van der Waals surface area contributed by atoms with Gasteiger partial charge in [-0.05, 0) is 42.3 Å². The van der Waals surface area contributed by atoms with Crippen molar-refractivity contribution in [2.24, 2.45) is 4.99 Å². The highest BCUT2D eigenvalue weighted by atomic mass is 35.5. The van der Waals surface area contributed by atoms with Gasteiger partial charge in [0.2, 0.25) is 5.90 Å². The van der Waals surface area contributed by atoms with Gasteiger partial charge >= 0.3 is 5.97 Å². The van der Waals surface area contributed by atoms with Crippen molar-refractivity contribution in [1.82, 2.24) is 0 Å². The molecule has 0 bridgehead atoms. The van der Waals surface area contributed by atoms with Gasteiger partial charge in [-0.2, -0.15) is 0 Å². The molecule has 0 atom stereocenters. The van der Waals surface area contributed by atoms with E-state index >= 15 is 0 Å². The Morgan fingerprint density at radius 3 is 2.30 bits per heavy atom. The highest BCUT2D eigenvalue weighted by Crippen LogP contribution is 2.17. The van der Waals surface area contributed by atoms with Gasteiger partial charge in [0.15, 0.2) is 5.70 Å². The standard InChI is InChI=1S/C19H14ClNO2/c1-13-2-4-15(5-3-13)12-17-19(22)23-18(21-17)11-8-14-6-9-16(20)10-7-14/h2-12H,1H3/b11-8+,17-12-. The summed E-state index contributed by atoms with van der Waals surface area (Å²) in [6.45, 7) is 2.01. The fourth-order valence-electron chi connectivity index (χ4n) is 2.06. The number of ether oxygens (including phenoxy) is 1. The highest BCUT2D eigenvalue weighted by Gasteiger charge is 2.20. The molecule has 0 fully saturated rings. The van der Waals surface area contributed by atoms with Gasteiger partial charge in [0.1, 0.15) is 0 Å². The van der Waals surface area contributed by atoms with Crippen LogP contribution < -0.4 is 0 Å². The predicted molar refractivity (Wildman–Crippen MR) is 93.2 cm³/mol. The Morgan fingerprint density at radius 1 is 0.957 bits per heavy atom. The zero-order valence-corrected chi connectivity index (χ0v) is 13.2. The molecule has 2 aromatic carbocycles. The third kappa shape index (κ3) is 3.96. The maximum absolute atomic E-state index is 11.9. The number of rotatable bonds is 3. The summed E-state index contributed by atoms with van der Waals surface area (Å²) in [6, 6.07) is 15.2. The average Bonchev–Trinajstić information content (AvgIpc) is 2.89. The molecule has 3 rings (SSSR count). The summed E-state index contributed by atoms with van der Waals surface area (Å²) in [5.74, 6) is -0.162. The van der Waals surface area contributed by atoms with Crippen molar-refractivity contribution in [3.05, 3.63) is 82.0 Å². The van der Waals surface area contributed by atoms with Crippen molar-refractivity contribution < 1.29 is 9.53 Å². The van der Waals surface area contributed by atoms with Crippen LogP contribution in [0.3, 0.4) is 0 Å². The minimum absolute atomic E-state index is 0.281. The molecule has 0 unspecified atom stereocenters. The number of carbonyl (C=O) groups is 1. The van der Waals surface area contributed by atoms with Gasteiger partial charge in [-0.25, -0.2) is 9.79 Å². The van der Waals surface area contributed by atoms with E-state index in [1.165, 1.54) is 0 Å². The van der Waals surface area contributed by atoms with E-state index in [1.807, 2.05) is 49.4 Å². The number of aryl methyl sites for hydroxylation is 1. The molecule has 0 saturated carbocycles. The van der Waals surface area contributed by atoms with Crippen molar-refractivity contribution in [3.63, 3.8) is 0 Å². The molecule has 4 heteroatoms. The van der Waals surface area contributed by atoms with E-state index < -0.39 is 5.97 Å². The Kier molecular flexibility index (Phi) is 4.40. The molecule has 0 spiro atoms. The molecule has 0 radical (unpaired) electrons. The molecule has 23 heavy (non-hydrogen) atoms. The van der Waals surface area contributed by atoms with Gasteiger partial charge in [0, 0.05) is 11.1 Å². The van der Waals surface area contributed by atoms with Crippen LogP contribution in [0.2, 0.25) is 5.02 Å². The smallest absolute Gasteiger partial charge is 0.363 e. The van der Waals surface area contributed by atoms with E-state index in [9.17, 15) is 4.79 Å². The molecule has 1 heterocycles. The average molecular weight is 324 g/mol. The molecule has 0 aromatic heterocycles. The summed E-state index contributed by atoms with van der Waals surface area (Å²) in [5, 5.41) is 0.676. The van der Waals surface area contributed by atoms with Crippen LogP contribution in [0.1, 0.15) is 16.7 Å². The van der Waals surface area contributed by atoms with E-state index in [0.717, 1.165) is 16.7 Å². The van der Waals surface area contributed by atoms with Crippen LogP contribution in [-0.4, -0.2) is 11.9 Å². The van der Waals surface area contributed by atoms with Crippen molar-refractivity contribution in [1.29, 1.82) is 0 Å². The Labute approximate surface area is 139 Å². The number of hydrogen-bond acceptors (Lipinski definition) is 3. The third-order valence-electron chi connectivity index (χ3n) is 3.31. The number of nitrogens with zero attached hydrogens (tertiary/aromatic N) is 1. The van der Waals surface area contributed by atoms with Crippen LogP contribution in [-0.2, 0) is 9.53 Å². The van der Waals surface area contributed by atoms with Crippen molar-refractivity contribution in [2.75, 3.05) is 0 Å². The molecule has 1 aliphatic heterocycles. The van der Waals surface area contributed by atoms with Crippen molar-refractivity contribution in [2.45, 2.75) is 6.92 Å². The van der Waals surface area contributed by atoms with Gasteiger partial charge in [-0.15, -0.1) is 0 Å². The van der Waals surface area contributed by atoms with Gasteiger partial charge in [-0.1, -0.05) is 53.6 Å². The van der Waals surface area contributed by atoms with Gasteiger partial charge < -0.3 is 4.74 Å². The summed E-state index contributed by atoms with van der Waals surface area (Å²) in [4.78, 5) is 16.1. The lowest BCUT2D eigenvalue weighted by atomic mass is 10.1. The fraction of sp³-hybridized carbons (Fsp3) is 0.0526. The molecule has 0 saturated heterocycles. The van der Waals surface area contributed by atoms with Crippen LogP contribution >= 0.6 is 11.6 Å². The van der Waals surface area contributed by atoms with Crippen LogP contribution in [0, 0.1) is 6.92 Å². The molecule has 0 amide bonds. The summed E-state index contributed by atoms with van der Waals surface area (Å²) in [5.41, 5.74) is 3.32. The molecular weight excluding hydrogens is 310 g/mol. The normalized spacial score (nSPS) is 16.0. The topological polar surface area (TPSA) is 38.7 Å². The monoisotopic (exact) mass is 323 g/mol. The van der Waals surface area contributed by atoms with E-state index in [1.54, 1.807) is 24.3 Å². The molecule has 3 nitrogen and oxygen atoms in total. The lowest BCUT2D eigenvalue weighted by Crippen LogP contribution is -2.01. The molecule has 1 aliphatic rings. The van der Waals surface area contributed by atoms with Crippen molar-refractivity contribution in [3.8, 4) is 0 Å². The first-order chi connectivity index (χ1) is 11.1. The fourth-order valence-corrected chi connectivity index (χ4v) is 2.18. The summed E-state index contributed by atoms with van der Waals surface area (Å²) < 4.78 is 5.15. The third-order valence-corrected chi connectivity index (χ3v) is 3.56. The van der Waals surface area contributed by atoms with Crippen LogP contribution in [0.5, 0.6) is 0 Å². The minimum Gasteiger partial charge on any atom is -0.403 e. The van der Waals surface area contributed by atoms with E-state index in [0.29, 0.717) is 10.7 Å². The number of benzene rings is 2. The first-order valence-electron chi connectivity index (χ1n) is 7.13. The number of hydrogen-bond donors (Lipinski definition) is 0. The molecular formula is C19H14ClNO2. The van der Waals surface area contributed by atoms with Gasteiger partial charge in [-0.3, -0.25) is 0 Å². The maximum Gasteiger partial charge on any atom is 0.363 e. The Hall–Kier alpha value is -2.65. The lowest BCUT2D eigenvalue weighted by Gasteiger charge is -1.95. The van der Waals surface area contributed by atoms with Crippen LogP contribution in [0.15, 0.2) is 65.3 Å². The van der Waals surface area contributed by atoms with Gasteiger partial charge in [0.25, 0.3) is 0 Å². The first-order valence-corrected chi connectivity index (χ1v) is 7.51. The first kappa shape index (κ1) is 15.3. The second kappa shape index (κ2) is 6.63. The Bertz CT molecular complexity index is 815. The highest BCUT2D eigenvalue weighted by molar-refractivity contribution is 6.30. The summed E-state index contributed by atoms with van der Waals surface area (Å²) in [7, 11) is 0. The van der Waals surface area contributed by atoms with Crippen molar-refractivity contribution >= 4 is 35.6 Å². The van der Waals surface area contributed by atoms with Crippen LogP contribution in [0.25, 0.3) is 12.2 Å². The Balaban J connectivity index is 1.78. The molecule has 0 aliphatic carbocycles. The van der Waals surface area contributed by atoms with Crippen LogP contribution in [0.4, 0.5) is 0 Å². The maximum atomic E-state index is 11.9. The number of cyclic esters (lactones) is 1.